The highest BCUT2D eigenvalue weighted by Gasteiger charge is 2.27. The van der Waals surface area contributed by atoms with Crippen molar-refractivity contribution in [2.24, 2.45) is 7.05 Å². The first-order chi connectivity index (χ1) is 20.2. The number of ether oxygens (including phenoxy) is 1. The Labute approximate surface area is 240 Å². The molecule has 216 valence electrons. The number of aromatic amines is 1. The maximum atomic E-state index is 13.0. The van der Waals surface area contributed by atoms with Crippen LogP contribution in [0.3, 0.4) is 0 Å². The van der Waals surface area contributed by atoms with Crippen molar-refractivity contribution in [1.29, 1.82) is 0 Å². The number of nitrogens with zero attached hydrogens (tertiary/aromatic N) is 8. The summed E-state index contributed by atoms with van der Waals surface area (Å²) in [5, 5.41) is 11.6. The molecule has 1 aliphatic rings. The van der Waals surface area contributed by atoms with Crippen molar-refractivity contribution < 1.29 is 9.53 Å². The second kappa shape index (κ2) is 10.9. The zero-order valence-corrected chi connectivity index (χ0v) is 23.4. The number of carbonyl (C=O) groups is 1. The molecule has 0 saturated carbocycles. The van der Waals surface area contributed by atoms with E-state index in [4.69, 9.17) is 21.2 Å². The minimum atomic E-state index is -0.189. The molecular formula is C27H31N13O2. The zero-order valence-electron chi connectivity index (χ0n) is 23.4. The summed E-state index contributed by atoms with van der Waals surface area (Å²) in [6.07, 6.45) is 4.20. The first-order valence-electron chi connectivity index (χ1n) is 13.4. The summed E-state index contributed by atoms with van der Waals surface area (Å²) in [6, 6.07) is 7.79. The lowest BCUT2D eigenvalue weighted by Crippen LogP contribution is -2.33. The molecule has 0 aliphatic carbocycles. The van der Waals surface area contributed by atoms with Crippen LogP contribution in [0, 0.1) is 13.8 Å². The van der Waals surface area contributed by atoms with Gasteiger partial charge >= 0.3 is 6.01 Å². The number of likely N-dealkylation sites (tertiary alicyclic amines) is 1. The van der Waals surface area contributed by atoms with E-state index in [0.29, 0.717) is 37.0 Å². The zero-order chi connectivity index (χ0) is 29.4. The number of carbonyl (C=O) groups excluding carboxylic acids is 1. The summed E-state index contributed by atoms with van der Waals surface area (Å²) in [5.74, 6) is 0.982. The van der Waals surface area contributed by atoms with Crippen LogP contribution in [-0.2, 0) is 11.8 Å². The number of hydrogen-bond acceptors (Lipinski definition) is 12. The van der Waals surface area contributed by atoms with Crippen LogP contribution in [0.5, 0.6) is 6.01 Å². The summed E-state index contributed by atoms with van der Waals surface area (Å²) >= 11 is 0. The van der Waals surface area contributed by atoms with Gasteiger partial charge in [-0.1, -0.05) is 12.1 Å². The van der Waals surface area contributed by atoms with E-state index in [9.17, 15) is 4.79 Å². The average Bonchev–Trinajstić information content (AvgIpc) is 3.64. The number of anilines is 5. The first-order valence-corrected chi connectivity index (χ1v) is 13.4. The monoisotopic (exact) mass is 569 g/mol. The van der Waals surface area contributed by atoms with E-state index >= 15 is 0 Å². The number of rotatable bonds is 8. The third kappa shape index (κ3) is 5.62. The molecule has 0 spiro atoms. The molecule has 1 aliphatic heterocycles. The summed E-state index contributed by atoms with van der Waals surface area (Å²) in [5.41, 5.74) is 16.3. The number of para-hydroxylation sites is 1. The fraction of sp³-hybridized carbons (Fsp3) is 0.296. The summed E-state index contributed by atoms with van der Waals surface area (Å²) < 4.78 is 7.59. The third-order valence-corrected chi connectivity index (χ3v) is 7.09. The van der Waals surface area contributed by atoms with E-state index < -0.39 is 0 Å². The van der Waals surface area contributed by atoms with Gasteiger partial charge in [0.25, 0.3) is 0 Å². The number of nitrogen functional groups attached to an aromatic ring is 2. The number of fused-ring (bicyclic) bond motifs is 1. The van der Waals surface area contributed by atoms with Crippen LogP contribution in [-0.4, -0.2) is 76.2 Å². The second-order valence-electron chi connectivity index (χ2n) is 10.2. The van der Waals surface area contributed by atoms with Gasteiger partial charge in [0, 0.05) is 55.2 Å². The average molecular weight is 570 g/mol. The van der Waals surface area contributed by atoms with Crippen LogP contribution in [0.15, 0.2) is 36.7 Å². The van der Waals surface area contributed by atoms with E-state index in [1.807, 2.05) is 56.3 Å². The van der Waals surface area contributed by atoms with Crippen molar-refractivity contribution in [3.05, 3.63) is 47.9 Å². The first kappa shape index (κ1) is 26.9. The second-order valence-corrected chi connectivity index (χ2v) is 10.2. The van der Waals surface area contributed by atoms with Crippen LogP contribution in [0.1, 0.15) is 17.7 Å². The van der Waals surface area contributed by atoms with Gasteiger partial charge in [0.2, 0.25) is 23.8 Å². The van der Waals surface area contributed by atoms with Gasteiger partial charge in [-0.2, -0.15) is 20.1 Å². The molecule has 15 heteroatoms. The van der Waals surface area contributed by atoms with Crippen LogP contribution in [0.4, 0.5) is 29.4 Å². The largest absolute Gasteiger partial charge is 0.459 e. The van der Waals surface area contributed by atoms with Gasteiger partial charge in [0.15, 0.2) is 5.82 Å². The van der Waals surface area contributed by atoms with Crippen LogP contribution in [0.2, 0.25) is 0 Å². The standard InChI is InChI=1S/C27H31N13O2/c1-14-10-31-26(33-20-9-15(2)39(3)38-20)34-22(14)18-11-30-23-17(18)5-4-6-19(23)32-21(41)13-40-8-7-16(12-40)42-27-36-24(28)35-25(29)37-27/h4-6,9-11,16,30H,7-8,12-13H2,1-3H3,(H,32,41)(H,31,33,34,38)(H4,28,29,35,36,37). The third-order valence-electron chi connectivity index (χ3n) is 7.09. The quantitative estimate of drug-likeness (QED) is 0.182. The van der Waals surface area contributed by atoms with Crippen molar-refractivity contribution in [1.82, 2.24) is 44.6 Å². The Hall–Kier alpha value is -5.31. The molecule has 1 fully saturated rings. The number of aromatic nitrogens is 8. The number of H-pyrrole nitrogens is 1. The number of nitrogens with two attached hydrogens (primary N) is 2. The van der Waals surface area contributed by atoms with Gasteiger partial charge in [-0.05, 0) is 31.9 Å². The number of hydrogen-bond donors (Lipinski definition) is 5. The maximum Gasteiger partial charge on any atom is 0.323 e. The predicted molar refractivity (Wildman–Crippen MR) is 158 cm³/mol. The van der Waals surface area contributed by atoms with Gasteiger partial charge in [0.1, 0.15) is 6.10 Å². The fourth-order valence-electron chi connectivity index (χ4n) is 4.99. The van der Waals surface area contributed by atoms with Crippen molar-refractivity contribution in [3.8, 4) is 17.3 Å². The summed E-state index contributed by atoms with van der Waals surface area (Å²) in [7, 11) is 1.88. The molecule has 1 aromatic carbocycles. The molecule has 5 aromatic rings. The van der Waals surface area contributed by atoms with Gasteiger partial charge < -0.3 is 31.8 Å². The SMILES string of the molecule is Cc1cnc(Nc2cc(C)n(C)n2)nc1-c1c[nH]c2c(NC(=O)CN3CCC(Oc4nc(N)nc(N)n4)C3)cccc12. The summed E-state index contributed by atoms with van der Waals surface area (Å²) in [4.78, 5) is 39.2. The van der Waals surface area contributed by atoms with E-state index in [-0.39, 0.29) is 36.5 Å². The van der Waals surface area contributed by atoms with Crippen molar-refractivity contribution >= 4 is 46.2 Å². The molecule has 0 bridgehead atoms. The van der Waals surface area contributed by atoms with Crippen LogP contribution < -0.4 is 26.8 Å². The molecule has 42 heavy (non-hydrogen) atoms. The fourth-order valence-corrected chi connectivity index (χ4v) is 4.99. The van der Waals surface area contributed by atoms with Crippen molar-refractivity contribution in [3.63, 3.8) is 0 Å². The Bertz CT molecular complexity index is 1740. The van der Waals surface area contributed by atoms with Gasteiger partial charge in [-0.25, -0.2) is 9.97 Å². The molecule has 1 unspecified atom stereocenters. The Kier molecular flexibility index (Phi) is 7.00. The van der Waals surface area contributed by atoms with Crippen molar-refractivity contribution in [2.75, 3.05) is 41.7 Å². The molecule has 6 rings (SSSR count). The van der Waals surface area contributed by atoms with E-state index in [2.05, 4.69) is 40.7 Å². The Morgan fingerprint density at radius 1 is 1.17 bits per heavy atom. The summed E-state index contributed by atoms with van der Waals surface area (Å²) in [6.45, 7) is 5.37. The normalized spacial score (nSPS) is 15.3. The van der Waals surface area contributed by atoms with E-state index in [1.54, 1.807) is 10.9 Å². The molecule has 15 nitrogen and oxygen atoms in total. The van der Waals surface area contributed by atoms with Gasteiger partial charge in [0.05, 0.1) is 23.4 Å². The van der Waals surface area contributed by atoms with Crippen LogP contribution in [0.25, 0.3) is 22.2 Å². The molecule has 0 radical (unpaired) electrons. The smallest absolute Gasteiger partial charge is 0.323 e. The van der Waals surface area contributed by atoms with E-state index in [1.165, 1.54) is 0 Å². The Morgan fingerprint density at radius 2 is 1.98 bits per heavy atom. The molecule has 1 saturated heterocycles. The number of nitrogens with one attached hydrogen (secondary N) is 3. The minimum absolute atomic E-state index is 0.0000764. The molecule has 7 N–H and O–H groups in total. The molecule has 1 atom stereocenters. The molecule has 5 heterocycles. The lowest BCUT2D eigenvalue weighted by Gasteiger charge is -2.16. The van der Waals surface area contributed by atoms with Gasteiger partial charge in [-0.15, -0.1) is 0 Å². The highest BCUT2D eigenvalue weighted by Crippen LogP contribution is 2.33. The lowest BCUT2D eigenvalue weighted by molar-refractivity contribution is -0.117. The Morgan fingerprint density at radius 3 is 2.74 bits per heavy atom. The highest BCUT2D eigenvalue weighted by atomic mass is 16.5. The topological polar surface area (TPSA) is 204 Å². The number of amides is 1. The molecule has 4 aromatic heterocycles. The number of aryl methyl sites for hydroxylation is 3. The lowest BCUT2D eigenvalue weighted by atomic mass is 10.1. The van der Waals surface area contributed by atoms with E-state index in [0.717, 1.165) is 33.4 Å². The van der Waals surface area contributed by atoms with Gasteiger partial charge in [-0.3, -0.25) is 14.4 Å². The molecule has 1 amide bonds. The Balaban J connectivity index is 1.14. The molecular weight excluding hydrogens is 538 g/mol. The maximum absolute atomic E-state index is 13.0. The minimum Gasteiger partial charge on any atom is -0.459 e. The van der Waals surface area contributed by atoms with Crippen molar-refractivity contribution in [2.45, 2.75) is 26.4 Å². The number of benzene rings is 1. The highest BCUT2D eigenvalue weighted by molar-refractivity contribution is 6.06. The predicted octanol–water partition coefficient (Wildman–Crippen LogP) is 2.16. The van der Waals surface area contributed by atoms with Crippen LogP contribution >= 0.6 is 0 Å².